The molecular formula is C26H32O14. The fraction of sp³-hybridized carbons (Fsp3) is 0.462. The van der Waals surface area contributed by atoms with Crippen LogP contribution in [0.4, 0.5) is 0 Å². The van der Waals surface area contributed by atoms with E-state index < -0.39 is 80.4 Å². The van der Waals surface area contributed by atoms with Crippen LogP contribution in [-0.4, -0.2) is 126 Å². The molecule has 10 unspecified atom stereocenters. The van der Waals surface area contributed by atoms with Gasteiger partial charge >= 0.3 is 0 Å². The van der Waals surface area contributed by atoms with Gasteiger partial charge in [0.15, 0.2) is 11.5 Å². The molecule has 2 aromatic rings. The second kappa shape index (κ2) is 12.7. The number of phenols is 2. The van der Waals surface area contributed by atoms with Crippen molar-refractivity contribution in [3.8, 4) is 23.0 Å². The quantitative estimate of drug-likeness (QED) is 0.150. The van der Waals surface area contributed by atoms with Gasteiger partial charge in [0.05, 0.1) is 13.2 Å². The van der Waals surface area contributed by atoms with Crippen molar-refractivity contribution in [2.75, 3.05) is 13.2 Å². The lowest BCUT2D eigenvalue weighted by Gasteiger charge is -2.40. The van der Waals surface area contributed by atoms with E-state index in [0.29, 0.717) is 5.56 Å². The molecular weight excluding hydrogens is 536 g/mol. The van der Waals surface area contributed by atoms with E-state index >= 15 is 0 Å². The molecule has 2 saturated heterocycles. The number of hydrogen-bond donors (Lipinski definition) is 10. The van der Waals surface area contributed by atoms with Gasteiger partial charge in [-0.25, -0.2) is 0 Å². The molecule has 0 radical (unpaired) electrons. The highest BCUT2D eigenvalue weighted by molar-refractivity contribution is 5.75. The smallest absolute Gasteiger partial charge is 0.229 e. The highest BCUT2D eigenvalue weighted by Gasteiger charge is 2.46. The van der Waals surface area contributed by atoms with Crippen molar-refractivity contribution < 1.29 is 70.0 Å². The summed E-state index contributed by atoms with van der Waals surface area (Å²) in [6, 6.07) is 8.47. The predicted molar refractivity (Wildman–Crippen MR) is 134 cm³/mol. The van der Waals surface area contributed by atoms with Gasteiger partial charge in [0.1, 0.15) is 60.3 Å². The number of aromatic hydroxyl groups is 2. The summed E-state index contributed by atoms with van der Waals surface area (Å²) in [6.45, 7) is -1.38. The van der Waals surface area contributed by atoms with Crippen molar-refractivity contribution in [1.29, 1.82) is 0 Å². The van der Waals surface area contributed by atoms with Crippen LogP contribution >= 0.6 is 0 Å². The molecule has 0 spiro atoms. The van der Waals surface area contributed by atoms with Gasteiger partial charge in [-0.15, -0.1) is 0 Å². The average molecular weight is 569 g/mol. The van der Waals surface area contributed by atoms with Crippen molar-refractivity contribution in [2.24, 2.45) is 0 Å². The van der Waals surface area contributed by atoms with Gasteiger partial charge < -0.3 is 70.0 Å². The molecule has 40 heavy (non-hydrogen) atoms. The summed E-state index contributed by atoms with van der Waals surface area (Å²) in [5.74, 6) is -0.894. The zero-order valence-electron chi connectivity index (χ0n) is 20.9. The molecule has 10 N–H and O–H groups in total. The number of phenolic OH excluding ortho intramolecular Hbond substituents is 2. The maximum Gasteiger partial charge on any atom is 0.229 e. The number of benzene rings is 2. The molecule has 2 aliphatic heterocycles. The molecule has 0 amide bonds. The van der Waals surface area contributed by atoms with Crippen LogP contribution in [0.5, 0.6) is 23.0 Å². The minimum absolute atomic E-state index is 0.0383. The first-order valence-electron chi connectivity index (χ1n) is 12.3. The Bertz CT molecular complexity index is 1150. The van der Waals surface area contributed by atoms with Gasteiger partial charge in [0, 0.05) is 11.6 Å². The first-order valence-corrected chi connectivity index (χ1v) is 12.3. The molecule has 220 valence electrons. The van der Waals surface area contributed by atoms with Crippen molar-refractivity contribution in [1.82, 2.24) is 0 Å². The summed E-state index contributed by atoms with van der Waals surface area (Å²) >= 11 is 0. The van der Waals surface area contributed by atoms with Crippen LogP contribution < -0.4 is 9.47 Å². The zero-order valence-corrected chi connectivity index (χ0v) is 20.9. The Balaban J connectivity index is 1.67. The van der Waals surface area contributed by atoms with E-state index in [9.17, 15) is 51.1 Å². The highest BCUT2D eigenvalue weighted by atomic mass is 16.7. The van der Waals surface area contributed by atoms with Crippen LogP contribution in [0.15, 0.2) is 36.4 Å². The fourth-order valence-electron chi connectivity index (χ4n) is 4.28. The van der Waals surface area contributed by atoms with Gasteiger partial charge in [0.2, 0.25) is 12.6 Å². The van der Waals surface area contributed by atoms with Gasteiger partial charge in [0.25, 0.3) is 0 Å². The van der Waals surface area contributed by atoms with Gasteiger partial charge in [-0.1, -0.05) is 24.3 Å². The third kappa shape index (κ3) is 6.31. The first kappa shape index (κ1) is 30.0. The summed E-state index contributed by atoms with van der Waals surface area (Å²) in [5.41, 5.74) is 0.737. The number of ether oxygens (including phenoxy) is 4. The standard InChI is InChI=1S/C26H32O14/c27-9-16-18(31)20(33)22(35)25(38-16)37-14-7-12(4-1-11-2-5-13(29)6-3-11)24(15(30)8-14)40-26-23(36)21(34)19(32)17(10-28)39-26/h1-8,16-23,25-36H,9-10H2. The summed E-state index contributed by atoms with van der Waals surface area (Å²) in [7, 11) is 0. The van der Waals surface area contributed by atoms with Crippen LogP contribution in [0.1, 0.15) is 11.1 Å². The highest BCUT2D eigenvalue weighted by Crippen LogP contribution is 2.39. The Morgan fingerprint density at radius 3 is 1.70 bits per heavy atom. The minimum atomic E-state index is -1.77. The maximum absolute atomic E-state index is 10.8. The van der Waals surface area contributed by atoms with Gasteiger partial charge in [-0.2, -0.15) is 0 Å². The van der Waals surface area contributed by atoms with E-state index in [2.05, 4.69) is 0 Å². The monoisotopic (exact) mass is 568 g/mol. The van der Waals surface area contributed by atoms with E-state index in [1.807, 2.05) is 0 Å². The molecule has 14 heteroatoms. The molecule has 0 aromatic heterocycles. The largest absolute Gasteiger partial charge is 0.508 e. The van der Waals surface area contributed by atoms with Crippen LogP contribution in [0.25, 0.3) is 12.2 Å². The Labute approximate surface area is 227 Å². The average Bonchev–Trinajstić information content (AvgIpc) is 2.94. The van der Waals surface area contributed by atoms with Crippen molar-refractivity contribution in [3.63, 3.8) is 0 Å². The summed E-state index contributed by atoms with van der Waals surface area (Å²) in [4.78, 5) is 0. The molecule has 2 aliphatic rings. The third-order valence-electron chi connectivity index (χ3n) is 6.60. The van der Waals surface area contributed by atoms with E-state index in [1.165, 1.54) is 24.3 Å². The summed E-state index contributed by atoms with van der Waals surface area (Å²) in [5, 5.41) is 100. The van der Waals surface area contributed by atoms with Gasteiger partial charge in [-0.05, 0) is 23.8 Å². The van der Waals surface area contributed by atoms with Crippen molar-refractivity contribution in [3.05, 3.63) is 47.5 Å². The molecule has 2 heterocycles. The molecule has 2 fully saturated rings. The Morgan fingerprint density at radius 2 is 1.18 bits per heavy atom. The number of aliphatic hydroxyl groups excluding tert-OH is 8. The minimum Gasteiger partial charge on any atom is -0.508 e. The summed E-state index contributed by atoms with van der Waals surface area (Å²) < 4.78 is 22.0. The molecule has 0 bridgehead atoms. The lowest BCUT2D eigenvalue weighted by atomic mass is 9.99. The lowest BCUT2D eigenvalue weighted by molar-refractivity contribution is -0.278. The van der Waals surface area contributed by atoms with Crippen LogP contribution in [-0.2, 0) is 9.47 Å². The molecule has 10 atom stereocenters. The predicted octanol–water partition coefficient (Wildman–Crippen LogP) is -2.37. The Hall–Kier alpha value is -3.02. The molecule has 0 aliphatic carbocycles. The van der Waals surface area contributed by atoms with E-state index in [-0.39, 0.29) is 22.8 Å². The van der Waals surface area contributed by atoms with E-state index in [0.717, 1.165) is 6.07 Å². The van der Waals surface area contributed by atoms with E-state index in [4.69, 9.17) is 18.9 Å². The first-order chi connectivity index (χ1) is 19.0. The van der Waals surface area contributed by atoms with Gasteiger partial charge in [-0.3, -0.25) is 0 Å². The second-order valence-electron chi connectivity index (χ2n) is 9.42. The molecule has 2 aromatic carbocycles. The van der Waals surface area contributed by atoms with Crippen LogP contribution in [0.3, 0.4) is 0 Å². The normalized spacial score (nSPS) is 34.6. The van der Waals surface area contributed by atoms with Crippen LogP contribution in [0.2, 0.25) is 0 Å². The van der Waals surface area contributed by atoms with Crippen LogP contribution in [0, 0.1) is 0 Å². The SMILES string of the molecule is OCC1OC(Oc2cc(O)c(OC3OC(CO)C(O)C(O)C3O)c(C=Cc3ccc(O)cc3)c2)C(O)C(O)C1O. The molecule has 4 rings (SSSR count). The zero-order chi connectivity index (χ0) is 29.1. The topological polar surface area (TPSA) is 239 Å². The third-order valence-corrected chi connectivity index (χ3v) is 6.60. The molecule has 14 nitrogen and oxygen atoms in total. The second-order valence-corrected chi connectivity index (χ2v) is 9.42. The molecule has 0 saturated carbocycles. The van der Waals surface area contributed by atoms with Crippen molar-refractivity contribution >= 4 is 12.2 Å². The number of rotatable bonds is 8. The Morgan fingerprint density at radius 1 is 0.650 bits per heavy atom. The van der Waals surface area contributed by atoms with Crippen molar-refractivity contribution in [2.45, 2.75) is 61.4 Å². The number of aliphatic hydroxyl groups is 8. The number of hydrogen-bond acceptors (Lipinski definition) is 14. The Kier molecular flexibility index (Phi) is 9.48. The lowest BCUT2D eigenvalue weighted by Crippen LogP contribution is -2.60. The fourth-order valence-corrected chi connectivity index (χ4v) is 4.28. The van der Waals surface area contributed by atoms with E-state index in [1.54, 1.807) is 18.2 Å². The maximum atomic E-state index is 10.8. The summed E-state index contributed by atoms with van der Waals surface area (Å²) in [6.07, 6.45) is -12.8.